The van der Waals surface area contributed by atoms with Crippen LogP contribution in [0.15, 0.2) is 42.7 Å². The van der Waals surface area contributed by atoms with Gasteiger partial charge in [0, 0.05) is 11.8 Å². The molecule has 0 saturated carbocycles. The second-order valence-corrected chi connectivity index (χ2v) is 5.77. The molecule has 0 spiro atoms. The summed E-state index contributed by atoms with van der Waals surface area (Å²) in [5.74, 6) is 0. The van der Waals surface area contributed by atoms with E-state index in [4.69, 9.17) is 4.84 Å². The van der Waals surface area contributed by atoms with Crippen LogP contribution in [0, 0.1) is 0 Å². The van der Waals surface area contributed by atoms with E-state index in [0.29, 0.717) is 13.2 Å². The second kappa shape index (κ2) is 7.28. The Morgan fingerprint density at radius 1 is 1.35 bits per heavy atom. The van der Waals surface area contributed by atoms with Crippen molar-refractivity contribution in [3.8, 4) is 0 Å². The van der Waals surface area contributed by atoms with E-state index >= 15 is 0 Å². The van der Waals surface area contributed by atoms with E-state index in [0.717, 1.165) is 24.9 Å². The first-order chi connectivity index (χ1) is 11.2. The normalized spacial score (nSPS) is 16.1. The van der Waals surface area contributed by atoms with Gasteiger partial charge in [0.05, 0.1) is 31.9 Å². The summed E-state index contributed by atoms with van der Waals surface area (Å²) in [4.78, 5) is 17.5. The molecule has 1 fully saturated rings. The molecule has 2 amide bonds. The zero-order valence-electron chi connectivity index (χ0n) is 13.3. The number of hydrogen-bond acceptors (Lipinski definition) is 3. The first-order valence-corrected chi connectivity index (χ1v) is 7.99. The van der Waals surface area contributed by atoms with Gasteiger partial charge in [-0.2, -0.15) is 5.10 Å². The predicted octanol–water partition coefficient (Wildman–Crippen LogP) is 2.73. The van der Waals surface area contributed by atoms with Crippen molar-refractivity contribution in [1.29, 1.82) is 0 Å². The first-order valence-electron chi connectivity index (χ1n) is 7.99. The molecule has 2 heterocycles. The lowest BCUT2D eigenvalue weighted by molar-refractivity contribution is -0.139. The topological polar surface area (TPSA) is 59.4 Å². The molecule has 6 heteroatoms. The Bertz CT molecular complexity index is 635. The van der Waals surface area contributed by atoms with Gasteiger partial charge in [-0.05, 0) is 25.3 Å². The average Bonchev–Trinajstić information content (AvgIpc) is 3.05. The maximum Gasteiger partial charge on any atom is 0.341 e. The molecule has 1 N–H and O–H groups in total. The number of carbonyl (C=O) groups is 1. The monoisotopic (exact) mass is 314 g/mol. The molecule has 1 aromatic carbocycles. The van der Waals surface area contributed by atoms with Crippen molar-refractivity contribution < 1.29 is 9.63 Å². The molecule has 0 unspecified atom stereocenters. The number of nitrogens with zero attached hydrogens (tertiary/aromatic N) is 3. The molecular weight excluding hydrogens is 292 g/mol. The van der Waals surface area contributed by atoms with Gasteiger partial charge < -0.3 is 5.32 Å². The van der Waals surface area contributed by atoms with Crippen molar-refractivity contribution in [3.63, 3.8) is 0 Å². The van der Waals surface area contributed by atoms with E-state index < -0.39 is 0 Å². The Morgan fingerprint density at radius 3 is 2.91 bits per heavy atom. The SMILES string of the molecule is C[C@H](NC(=O)N1CCCCO1)c1cnn(Cc2ccccc2)c1. The summed E-state index contributed by atoms with van der Waals surface area (Å²) in [6.07, 6.45) is 5.75. The Labute approximate surface area is 136 Å². The molecule has 23 heavy (non-hydrogen) atoms. The molecule has 1 saturated heterocycles. The Kier molecular flexibility index (Phi) is 4.92. The summed E-state index contributed by atoms with van der Waals surface area (Å²) in [6, 6.07) is 9.87. The standard InChI is InChI=1S/C17H22N4O2/c1-14(19-17(22)21-9-5-6-10-23-21)16-11-18-20(13-16)12-15-7-3-2-4-8-15/h2-4,7-8,11,13-14H,5-6,9-10,12H2,1H3,(H,19,22)/t14-/m0/s1. The Balaban J connectivity index is 1.57. The van der Waals surface area contributed by atoms with Crippen molar-refractivity contribution in [3.05, 3.63) is 53.9 Å². The molecule has 1 aliphatic rings. The van der Waals surface area contributed by atoms with Crippen molar-refractivity contribution in [2.24, 2.45) is 0 Å². The summed E-state index contributed by atoms with van der Waals surface area (Å²) in [5.41, 5.74) is 2.17. The highest BCUT2D eigenvalue weighted by Crippen LogP contribution is 2.14. The molecule has 0 aliphatic carbocycles. The quantitative estimate of drug-likeness (QED) is 0.944. The smallest absolute Gasteiger partial charge is 0.330 e. The molecule has 2 aromatic rings. The molecule has 1 aliphatic heterocycles. The fourth-order valence-corrected chi connectivity index (χ4v) is 2.56. The van der Waals surface area contributed by atoms with Crippen molar-refractivity contribution in [1.82, 2.24) is 20.2 Å². The van der Waals surface area contributed by atoms with Crippen molar-refractivity contribution in [2.75, 3.05) is 13.2 Å². The highest BCUT2D eigenvalue weighted by molar-refractivity contribution is 5.73. The van der Waals surface area contributed by atoms with E-state index in [9.17, 15) is 4.79 Å². The van der Waals surface area contributed by atoms with E-state index in [-0.39, 0.29) is 12.1 Å². The molecule has 122 valence electrons. The van der Waals surface area contributed by atoms with E-state index in [1.165, 1.54) is 10.6 Å². The van der Waals surface area contributed by atoms with Crippen LogP contribution in [0.2, 0.25) is 0 Å². The van der Waals surface area contributed by atoms with Gasteiger partial charge >= 0.3 is 6.03 Å². The van der Waals surface area contributed by atoms with E-state index in [2.05, 4.69) is 22.5 Å². The number of hydrogen-bond donors (Lipinski definition) is 1. The highest BCUT2D eigenvalue weighted by Gasteiger charge is 2.20. The van der Waals surface area contributed by atoms with Crippen LogP contribution in [0.5, 0.6) is 0 Å². The van der Waals surface area contributed by atoms with Crippen LogP contribution in [0.25, 0.3) is 0 Å². The molecular formula is C17H22N4O2. The fourth-order valence-electron chi connectivity index (χ4n) is 2.56. The van der Waals surface area contributed by atoms with Crippen LogP contribution in [0.1, 0.15) is 36.9 Å². The van der Waals surface area contributed by atoms with Crippen LogP contribution in [-0.2, 0) is 11.4 Å². The fraction of sp³-hybridized carbons (Fsp3) is 0.412. The minimum Gasteiger partial charge on any atom is -0.330 e. The van der Waals surface area contributed by atoms with Crippen molar-refractivity contribution >= 4 is 6.03 Å². The zero-order chi connectivity index (χ0) is 16.1. The number of aromatic nitrogens is 2. The largest absolute Gasteiger partial charge is 0.341 e. The number of carbonyl (C=O) groups excluding carboxylic acids is 1. The minimum absolute atomic E-state index is 0.113. The van der Waals surface area contributed by atoms with Gasteiger partial charge in [0.1, 0.15) is 0 Å². The lowest BCUT2D eigenvalue weighted by Gasteiger charge is -2.27. The van der Waals surface area contributed by atoms with Crippen LogP contribution in [0.3, 0.4) is 0 Å². The maximum absolute atomic E-state index is 12.1. The van der Waals surface area contributed by atoms with Gasteiger partial charge in [-0.25, -0.2) is 9.86 Å². The van der Waals surface area contributed by atoms with Gasteiger partial charge in [0.15, 0.2) is 0 Å². The highest BCUT2D eigenvalue weighted by atomic mass is 16.7. The lowest BCUT2D eigenvalue weighted by Crippen LogP contribution is -2.43. The van der Waals surface area contributed by atoms with Crippen LogP contribution in [-0.4, -0.2) is 34.0 Å². The third kappa shape index (κ3) is 4.10. The number of urea groups is 1. The molecule has 0 radical (unpaired) electrons. The number of amides is 2. The first kappa shape index (κ1) is 15.6. The third-order valence-corrected chi connectivity index (χ3v) is 3.91. The lowest BCUT2D eigenvalue weighted by atomic mass is 10.2. The summed E-state index contributed by atoms with van der Waals surface area (Å²) >= 11 is 0. The molecule has 0 bridgehead atoms. The van der Waals surface area contributed by atoms with Gasteiger partial charge in [-0.15, -0.1) is 0 Å². The number of nitrogens with one attached hydrogen (secondary N) is 1. The Hall–Kier alpha value is -2.34. The van der Waals surface area contributed by atoms with Gasteiger partial charge in [0.2, 0.25) is 0 Å². The average molecular weight is 314 g/mol. The van der Waals surface area contributed by atoms with Gasteiger partial charge in [0.25, 0.3) is 0 Å². The summed E-state index contributed by atoms with van der Waals surface area (Å²) in [6.45, 7) is 3.92. The van der Waals surface area contributed by atoms with Crippen LogP contribution < -0.4 is 5.32 Å². The molecule has 3 rings (SSSR count). The zero-order valence-corrected chi connectivity index (χ0v) is 13.3. The van der Waals surface area contributed by atoms with E-state index in [1.807, 2.05) is 36.0 Å². The van der Waals surface area contributed by atoms with Crippen LogP contribution in [0.4, 0.5) is 4.79 Å². The summed E-state index contributed by atoms with van der Waals surface area (Å²) in [7, 11) is 0. The maximum atomic E-state index is 12.1. The second-order valence-electron chi connectivity index (χ2n) is 5.77. The predicted molar refractivity (Wildman–Crippen MR) is 86.6 cm³/mol. The number of benzene rings is 1. The molecule has 1 aromatic heterocycles. The molecule has 6 nitrogen and oxygen atoms in total. The summed E-state index contributed by atoms with van der Waals surface area (Å²) < 4.78 is 1.88. The van der Waals surface area contributed by atoms with Crippen molar-refractivity contribution in [2.45, 2.75) is 32.4 Å². The summed E-state index contributed by atoms with van der Waals surface area (Å²) in [5, 5.41) is 8.74. The molecule has 1 atom stereocenters. The van der Waals surface area contributed by atoms with Crippen LogP contribution >= 0.6 is 0 Å². The third-order valence-electron chi connectivity index (χ3n) is 3.91. The minimum atomic E-state index is -0.187. The van der Waals surface area contributed by atoms with Gasteiger partial charge in [-0.1, -0.05) is 30.3 Å². The van der Waals surface area contributed by atoms with Gasteiger partial charge in [-0.3, -0.25) is 9.52 Å². The number of rotatable bonds is 4. The number of hydroxylamine groups is 2. The van der Waals surface area contributed by atoms with E-state index in [1.54, 1.807) is 6.20 Å². The Morgan fingerprint density at radius 2 is 2.17 bits per heavy atom.